The molecule has 96 valence electrons. The number of aromatic nitrogens is 1. The van der Waals surface area contributed by atoms with Crippen molar-refractivity contribution in [3.63, 3.8) is 0 Å². The van der Waals surface area contributed by atoms with Crippen LogP contribution in [-0.2, 0) is 11.3 Å². The fourth-order valence-corrected chi connectivity index (χ4v) is 2.77. The lowest BCUT2D eigenvalue weighted by Gasteiger charge is -2.43. The average molecular weight is 246 g/mol. The maximum Gasteiger partial charge on any atom is 0.237 e. The Morgan fingerprint density at radius 1 is 1.50 bits per heavy atom. The van der Waals surface area contributed by atoms with Crippen LogP contribution in [0.5, 0.6) is 0 Å². The van der Waals surface area contributed by atoms with E-state index in [-0.39, 0.29) is 5.91 Å². The Morgan fingerprint density at radius 3 is 3.28 bits per heavy atom. The number of nitrogens with zero attached hydrogens (tertiary/aromatic N) is 3. The molecule has 0 aliphatic carbocycles. The molecule has 2 saturated heterocycles. The molecule has 1 aromatic rings. The standard InChI is InChI=1S/C13H18N4O/c18-13-10-16(8-11-2-1-3-14-6-11)9-12-7-15-4-5-17(12)13/h1-3,6,12,15H,4-5,7-10H2. The average Bonchev–Trinajstić information content (AvgIpc) is 2.40. The number of hydrogen-bond donors (Lipinski definition) is 1. The summed E-state index contributed by atoms with van der Waals surface area (Å²) < 4.78 is 0. The molecule has 0 aromatic carbocycles. The van der Waals surface area contributed by atoms with Crippen LogP contribution in [0.4, 0.5) is 0 Å². The molecule has 0 spiro atoms. The predicted octanol–water partition coefficient (Wildman–Crippen LogP) is -0.302. The van der Waals surface area contributed by atoms with Gasteiger partial charge in [0.25, 0.3) is 0 Å². The largest absolute Gasteiger partial charge is 0.335 e. The number of rotatable bonds is 2. The summed E-state index contributed by atoms with van der Waals surface area (Å²) >= 11 is 0. The number of piperazine rings is 2. The third-order valence-corrected chi connectivity index (χ3v) is 3.63. The highest BCUT2D eigenvalue weighted by atomic mass is 16.2. The summed E-state index contributed by atoms with van der Waals surface area (Å²) in [5.41, 5.74) is 1.17. The second-order valence-electron chi connectivity index (χ2n) is 4.98. The molecule has 5 nitrogen and oxygen atoms in total. The molecular formula is C13H18N4O. The lowest BCUT2D eigenvalue weighted by Crippen LogP contribution is -2.63. The van der Waals surface area contributed by atoms with Gasteiger partial charge in [-0.1, -0.05) is 6.07 Å². The van der Waals surface area contributed by atoms with Gasteiger partial charge in [0.2, 0.25) is 5.91 Å². The fourth-order valence-electron chi connectivity index (χ4n) is 2.77. The Hall–Kier alpha value is -1.46. The van der Waals surface area contributed by atoms with Crippen molar-refractivity contribution in [3.8, 4) is 0 Å². The minimum absolute atomic E-state index is 0.261. The first-order valence-electron chi connectivity index (χ1n) is 6.44. The van der Waals surface area contributed by atoms with E-state index in [1.165, 1.54) is 5.56 Å². The zero-order chi connectivity index (χ0) is 12.4. The monoisotopic (exact) mass is 246 g/mol. The van der Waals surface area contributed by atoms with E-state index in [1.54, 1.807) is 6.20 Å². The zero-order valence-electron chi connectivity index (χ0n) is 10.4. The molecule has 0 radical (unpaired) electrons. The zero-order valence-corrected chi connectivity index (χ0v) is 10.4. The first kappa shape index (κ1) is 11.6. The van der Waals surface area contributed by atoms with Gasteiger partial charge in [0.15, 0.2) is 0 Å². The van der Waals surface area contributed by atoms with E-state index in [0.29, 0.717) is 12.6 Å². The maximum atomic E-state index is 12.1. The molecule has 1 unspecified atom stereocenters. The molecule has 1 amide bonds. The highest BCUT2D eigenvalue weighted by Crippen LogP contribution is 2.15. The Kier molecular flexibility index (Phi) is 3.25. The molecule has 0 bridgehead atoms. The van der Waals surface area contributed by atoms with Crippen molar-refractivity contribution < 1.29 is 4.79 Å². The van der Waals surface area contributed by atoms with Gasteiger partial charge in [-0.2, -0.15) is 0 Å². The van der Waals surface area contributed by atoms with Gasteiger partial charge >= 0.3 is 0 Å². The van der Waals surface area contributed by atoms with Crippen molar-refractivity contribution in [1.29, 1.82) is 0 Å². The van der Waals surface area contributed by atoms with Crippen molar-refractivity contribution in [2.75, 3.05) is 32.7 Å². The minimum Gasteiger partial charge on any atom is -0.335 e. The summed E-state index contributed by atoms with van der Waals surface area (Å²) in [6.07, 6.45) is 3.65. The van der Waals surface area contributed by atoms with Crippen LogP contribution in [0, 0.1) is 0 Å². The number of hydrogen-bond acceptors (Lipinski definition) is 4. The van der Waals surface area contributed by atoms with E-state index >= 15 is 0 Å². The van der Waals surface area contributed by atoms with Crippen molar-refractivity contribution >= 4 is 5.91 Å². The van der Waals surface area contributed by atoms with E-state index in [2.05, 4.69) is 21.3 Å². The van der Waals surface area contributed by atoms with Gasteiger partial charge < -0.3 is 10.2 Å². The number of pyridine rings is 1. The van der Waals surface area contributed by atoms with E-state index in [0.717, 1.165) is 32.7 Å². The molecule has 18 heavy (non-hydrogen) atoms. The van der Waals surface area contributed by atoms with Gasteiger partial charge in [0, 0.05) is 45.1 Å². The van der Waals surface area contributed by atoms with Crippen LogP contribution in [0.3, 0.4) is 0 Å². The summed E-state index contributed by atoms with van der Waals surface area (Å²) in [6, 6.07) is 4.33. The van der Waals surface area contributed by atoms with Crippen LogP contribution >= 0.6 is 0 Å². The second-order valence-corrected chi connectivity index (χ2v) is 4.98. The fraction of sp³-hybridized carbons (Fsp3) is 0.538. The van der Waals surface area contributed by atoms with Gasteiger partial charge in [0.1, 0.15) is 0 Å². The van der Waals surface area contributed by atoms with Crippen molar-refractivity contribution in [2.45, 2.75) is 12.6 Å². The van der Waals surface area contributed by atoms with Crippen LogP contribution in [0.1, 0.15) is 5.56 Å². The van der Waals surface area contributed by atoms with Gasteiger partial charge in [-0.15, -0.1) is 0 Å². The van der Waals surface area contributed by atoms with Crippen molar-refractivity contribution in [1.82, 2.24) is 20.1 Å². The van der Waals surface area contributed by atoms with Gasteiger partial charge in [-0.25, -0.2) is 0 Å². The third kappa shape index (κ3) is 2.37. The summed E-state index contributed by atoms with van der Waals surface area (Å²) in [4.78, 5) is 20.4. The molecule has 1 atom stereocenters. The smallest absolute Gasteiger partial charge is 0.237 e. The molecule has 2 aliphatic rings. The summed E-state index contributed by atoms with van der Waals surface area (Å²) in [7, 11) is 0. The molecular weight excluding hydrogens is 228 g/mol. The molecule has 1 N–H and O–H groups in total. The first-order valence-corrected chi connectivity index (χ1v) is 6.44. The van der Waals surface area contributed by atoms with Gasteiger partial charge in [-0.05, 0) is 11.6 Å². The first-order chi connectivity index (χ1) is 8.83. The van der Waals surface area contributed by atoms with Crippen molar-refractivity contribution in [3.05, 3.63) is 30.1 Å². The van der Waals surface area contributed by atoms with E-state index in [1.807, 2.05) is 17.2 Å². The molecule has 3 rings (SSSR count). The summed E-state index contributed by atoms with van der Waals surface area (Å²) in [5.74, 6) is 0.261. The molecule has 2 fully saturated rings. The predicted molar refractivity (Wildman–Crippen MR) is 67.9 cm³/mol. The lowest BCUT2D eigenvalue weighted by atomic mass is 10.1. The highest BCUT2D eigenvalue weighted by Gasteiger charge is 2.33. The van der Waals surface area contributed by atoms with E-state index in [4.69, 9.17) is 0 Å². The van der Waals surface area contributed by atoms with Crippen LogP contribution in [0.25, 0.3) is 0 Å². The lowest BCUT2D eigenvalue weighted by molar-refractivity contribution is -0.141. The maximum absolute atomic E-state index is 12.1. The third-order valence-electron chi connectivity index (χ3n) is 3.63. The van der Waals surface area contributed by atoms with Gasteiger partial charge in [0.05, 0.1) is 12.6 Å². The number of carbonyl (C=O) groups is 1. The molecule has 3 heterocycles. The van der Waals surface area contributed by atoms with Crippen LogP contribution in [0.15, 0.2) is 24.5 Å². The Morgan fingerprint density at radius 2 is 2.44 bits per heavy atom. The Bertz CT molecular complexity index is 422. The van der Waals surface area contributed by atoms with Crippen molar-refractivity contribution in [2.24, 2.45) is 0 Å². The SMILES string of the molecule is O=C1CN(Cc2cccnc2)CC2CNCCN12. The number of nitrogens with one attached hydrogen (secondary N) is 1. The number of carbonyl (C=O) groups excluding carboxylic acids is 1. The topological polar surface area (TPSA) is 48.5 Å². The van der Waals surface area contributed by atoms with Crippen LogP contribution in [-0.4, -0.2) is 59.5 Å². The van der Waals surface area contributed by atoms with Crippen LogP contribution < -0.4 is 5.32 Å². The Balaban J connectivity index is 1.66. The number of amides is 1. The van der Waals surface area contributed by atoms with E-state index in [9.17, 15) is 4.79 Å². The quantitative estimate of drug-likeness (QED) is 0.778. The second kappa shape index (κ2) is 5.04. The van der Waals surface area contributed by atoms with E-state index < -0.39 is 0 Å². The normalized spacial score (nSPS) is 25.0. The summed E-state index contributed by atoms with van der Waals surface area (Å²) in [5, 5.41) is 3.36. The minimum atomic E-state index is 0.261. The Labute approximate surface area is 107 Å². The molecule has 0 saturated carbocycles. The summed E-state index contributed by atoms with van der Waals surface area (Å²) in [6.45, 7) is 4.98. The molecule has 5 heteroatoms. The number of fused-ring (bicyclic) bond motifs is 1. The molecule has 1 aromatic heterocycles. The highest BCUT2D eigenvalue weighted by molar-refractivity contribution is 5.79. The van der Waals surface area contributed by atoms with Gasteiger partial charge in [-0.3, -0.25) is 14.7 Å². The molecule has 2 aliphatic heterocycles. The van der Waals surface area contributed by atoms with Crippen LogP contribution in [0.2, 0.25) is 0 Å².